The molecule has 0 radical (unpaired) electrons. The van der Waals surface area contributed by atoms with Gasteiger partial charge < -0.3 is 10.2 Å². The highest BCUT2D eigenvalue weighted by molar-refractivity contribution is 7.99. The van der Waals surface area contributed by atoms with E-state index in [0.29, 0.717) is 5.41 Å². The Labute approximate surface area is 130 Å². The number of rotatable bonds is 7. The second kappa shape index (κ2) is 8.65. The van der Waals surface area contributed by atoms with Gasteiger partial charge in [0, 0.05) is 24.9 Å². The Morgan fingerprint density at radius 2 is 1.95 bits per heavy atom. The molecule has 1 saturated carbocycles. The maximum Gasteiger partial charge on any atom is 0.0191 e. The summed E-state index contributed by atoms with van der Waals surface area (Å²) < 4.78 is 0. The van der Waals surface area contributed by atoms with Crippen LogP contribution in [0.1, 0.15) is 58.3 Å². The van der Waals surface area contributed by atoms with Crippen LogP contribution in [0.25, 0.3) is 0 Å². The van der Waals surface area contributed by atoms with Crippen molar-refractivity contribution in [3.8, 4) is 0 Å². The summed E-state index contributed by atoms with van der Waals surface area (Å²) in [5.74, 6) is 2.73. The topological polar surface area (TPSA) is 15.3 Å². The number of hydrogen-bond donors (Lipinski definition) is 1. The van der Waals surface area contributed by atoms with E-state index in [0.717, 1.165) is 6.04 Å². The van der Waals surface area contributed by atoms with Crippen LogP contribution in [-0.4, -0.2) is 49.1 Å². The second-order valence-corrected chi connectivity index (χ2v) is 8.17. The van der Waals surface area contributed by atoms with Crippen molar-refractivity contribution < 1.29 is 0 Å². The predicted octanol–water partition coefficient (Wildman–Crippen LogP) is 3.76. The molecule has 3 heteroatoms. The molecule has 1 saturated heterocycles. The Hall–Kier alpha value is 0.270. The molecule has 0 amide bonds. The van der Waals surface area contributed by atoms with E-state index < -0.39 is 0 Å². The van der Waals surface area contributed by atoms with Gasteiger partial charge in [-0.2, -0.15) is 11.8 Å². The molecule has 118 valence electrons. The lowest BCUT2D eigenvalue weighted by molar-refractivity contribution is 0.122. The summed E-state index contributed by atoms with van der Waals surface area (Å²) in [4.78, 5) is 2.69. The summed E-state index contributed by atoms with van der Waals surface area (Å²) in [6.07, 6.45) is 11.3. The van der Waals surface area contributed by atoms with Crippen LogP contribution in [0.4, 0.5) is 0 Å². The average Bonchev–Trinajstić information content (AvgIpc) is 2.88. The summed E-state index contributed by atoms with van der Waals surface area (Å²) in [6, 6.07) is 0.839. The van der Waals surface area contributed by atoms with Gasteiger partial charge in [0.1, 0.15) is 0 Å². The van der Waals surface area contributed by atoms with Crippen LogP contribution < -0.4 is 5.32 Å². The monoisotopic (exact) mass is 298 g/mol. The molecule has 2 nitrogen and oxygen atoms in total. The highest BCUT2D eigenvalue weighted by atomic mass is 32.2. The molecular formula is C17H34N2S. The average molecular weight is 299 g/mol. The largest absolute Gasteiger partial charge is 0.316 e. The molecule has 1 atom stereocenters. The van der Waals surface area contributed by atoms with Gasteiger partial charge in [-0.05, 0) is 50.4 Å². The van der Waals surface area contributed by atoms with Crippen molar-refractivity contribution >= 4 is 11.8 Å². The van der Waals surface area contributed by atoms with Crippen molar-refractivity contribution in [2.45, 2.75) is 64.3 Å². The molecule has 1 heterocycles. The maximum absolute atomic E-state index is 3.74. The molecule has 1 aliphatic carbocycles. The third kappa shape index (κ3) is 4.92. The number of thioether (sulfide) groups is 1. The number of hydrogen-bond acceptors (Lipinski definition) is 3. The Kier molecular flexibility index (Phi) is 7.20. The summed E-state index contributed by atoms with van der Waals surface area (Å²) >= 11 is 2.14. The Morgan fingerprint density at radius 3 is 2.55 bits per heavy atom. The fourth-order valence-corrected chi connectivity index (χ4v) is 5.23. The van der Waals surface area contributed by atoms with Crippen molar-refractivity contribution in [2.24, 2.45) is 5.41 Å². The van der Waals surface area contributed by atoms with E-state index >= 15 is 0 Å². The molecular weight excluding hydrogens is 264 g/mol. The molecule has 0 spiro atoms. The zero-order valence-electron chi connectivity index (χ0n) is 13.6. The van der Waals surface area contributed by atoms with E-state index in [9.17, 15) is 0 Å². The minimum atomic E-state index is 0.549. The van der Waals surface area contributed by atoms with Gasteiger partial charge in [0.05, 0.1) is 0 Å². The first-order valence-corrected chi connectivity index (χ1v) is 9.90. The van der Waals surface area contributed by atoms with Gasteiger partial charge in [0.2, 0.25) is 0 Å². The first-order chi connectivity index (χ1) is 9.76. The zero-order chi connectivity index (χ0) is 14.3. The Balaban J connectivity index is 1.92. The van der Waals surface area contributed by atoms with E-state index in [1.165, 1.54) is 82.5 Å². The summed E-state index contributed by atoms with van der Waals surface area (Å²) in [6.45, 7) is 6.01. The van der Waals surface area contributed by atoms with Gasteiger partial charge in [0.15, 0.2) is 0 Å². The normalized spacial score (nSPS) is 26.9. The van der Waals surface area contributed by atoms with Crippen LogP contribution in [0.2, 0.25) is 0 Å². The van der Waals surface area contributed by atoms with E-state index in [4.69, 9.17) is 0 Å². The lowest BCUT2D eigenvalue weighted by Crippen LogP contribution is -2.46. The minimum Gasteiger partial charge on any atom is -0.316 e. The number of nitrogens with one attached hydrogen (secondary N) is 1. The molecule has 20 heavy (non-hydrogen) atoms. The van der Waals surface area contributed by atoms with E-state index in [1.54, 1.807) is 0 Å². The first-order valence-electron chi connectivity index (χ1n) is 8.74. The van der Waals surface area contributed by atoms with Gasteiger partial charge in [-0.1, -0.05) is 32.6 Å². The fourth-order valence-electron chi connectivity index (χ4n) is 3.93. The van der Waals surface area contributed by atoms with Crippen molar-refractivity contribution in [3.05, 3.63) is 0 Å². The minimum absolute atomic E-state index is 0.549. The van der Waals surface area contributed by atoms with Gasteiger partial charge in [-0.3, -0.25) is 0 Å². The molecule has 1 N–H and O–H groups in total. The van der Waals surface area contributed by atoms with Crippen LogP contribution in [0.5, 0.6) is 0 Å². The molecule has 1 aliphatic heterocycles. The molecule has 2 fully saturated rings. The van der Waals surface area contributed by atoms with E-state index in [1.807, 2.05) is 0 Å². The zero-order valence-corrected chi connectivity index (χ0v) is 14.4. The lowest BCUT2D eigenvalue weighted by atomic mass is 9.79. The standard InChI is InChI=1S/C17H34N2S/c1-3-11-18-14-17(9-6-4-5-7-10-17)15-19(2)16-8-12-20-13-16/h16,18H,3-15H2,1-2H3. The number of nitrogens with zero attached hydrogens (tertiary/aromatic N) is 1. The fraction of sp³-hybridized carbons (Fsp3) is 1.00. The van der Waals surface area contributed by atoms with Crippen molar-refractivity contribution in [1.82, 2.24) is 10.2 Å². The SMILES string of the molecule is CCCNCC1(CN(C)C2CCSC2)CCCCCC1. The van der Waals surface area contributed by atoms with Crippen LogP contribution in [0, 0.1) is 5.41 Å². The maximum atomic E-state index is 3.74. The summed E-state index contributed by atoms with van der Waals surface area (Å²) in [7, 11) is 2.38. The Morgan fingerprint density at radius 1 is 1.20 bits per heavy atom. The summed E-state index contributed by atoms with van der Waals surface area (Å²) in [5.41, 5.74) is 0.549. The van der Waals surface area contributed by atoms with Crippen molar-refractivity contribution in [1.29, 1.82) is 0 Å². The van der Waals surface area contributed by atoms with Crippen LogP contribution >= 0.6 is 11.8 Å². The molecule has 0 aromatic heterocycles. The first kappa shape index (κ1) is 16.6. The van der Waals surface area contributed by atoms with Crippen molar-refractivity contribution in [2.75, 3.05) is 38.2 Å². The molecule has 0 bridgehead atoms. The van der Waals surface area contributed by atoms with Crippen LogP contribution in [0.3, 0.4) is 0 Å². The predicted molar refractivity (Wildman–Crippen MR) is 91.7 cm³/mol. The Bertz CT molecular complexity index is 256. The van der Waals surface area contributed by atoms with Gasteiger partial charge in [-0.15, -0.1) is 0 Å². The van der Waals surface area contributed by atoms with Crippen LogP contribution in [0.15, 0.2) is 0 Å². The highest BCUT2D eigenvalue weighted by Crippen LogP contribution is 2.36. The van der Waals surface area contributed by atoms with Crippen LogP contribution in [-0.2, 0) is 0 Å². The summed E-state index contributed by atoms with van der Waals surface area (Å²) in [5, 5.41) is 3.74. The highest BCUT2D eigenvalue weighted by Gasteiger charge is 2.34. The van der Waals surface area contributed by atoms with Gasteiger partial charge in [-0.25, -0.2) is 0 Å². The molecule has 1 unspecified atom stereocenters. The van der Waals surface area contributed by atoms with Crippen molar-refractivity contribution in [3.63, 3.8) is 0 Å². The quantitative estimate of drug-likeness (QED) is 0.569. The van der Waals surface area contributed by atoms with Gasteiger partial charge in [0.25, 0.3) is 0 Å². The lowest BCUT2D eigenvalue weighted by Gasteiger charge is -2.39. The van der Waals surface area contributed by atoms with E-state index in [-0.39, 0.29) is 0 Å². The van der Waals surface area contributed by atoms with E-state index in [2.05, 4.69) is 35.9 Å². The third-order valence-electron chi connectivity index (χ3n) is 5.20. The third-order valence-corrected chi connectivity index (χ3v) is 6.35. The molecule has 0 aromatic rings. The second-order valence-electron chi connectivity index (χ2n) is 7.02. The smallest absolute Gasteiger partial charge is 0.0191 e. The molecule has 0 aromatic carbocycles. The molecule has 2 rings (SSSR count). The molecule has 2 aliphatic rings. The van der Waals surface area contributed by atoms with Gasteiger partial charge >= 0.3 is 0 Å².